The second-order valence-corrected chi connectivity index (χ2v) is 8.62. The van der Waals surface area contributed by atoms with Crippen LogP contribution in [0.3, 0.4) is 0 Å². The third-order valence-corrected chi connectivity index (χ3v) is 5.78. The molecule has 2 heterocycles. The lowest BCUT2D eigenvalue weighted by Gasteiger charge is -2.17. The van der Waals surface area contributed by atoms with Crippen LogP contribution in [0, 0.1) is 12.3 Å². The number of amides is 1. The summed E-state index contributed by atoms with van der Waals surface area (Å²) in [7, 11) is 3.89. The van der Waals surface area contributed by atoms with Gasteiger partial charge in [-0.1, -0.05) is 25.0 Å². The van der Waals surface area contributed by atoms with E-state index in [0.29, 0.717) is 12.4 Å². The lowest BCUT2D eigenvalue weighted by atomic mass is 9.91. The topological polar surface area (TPSA) is 71.0 Å². The Morgan fingerprint density at radius 3 is 2.81 bits per heavy atom. The highest BCUT2D eigenvalue weighted by Crippen LogP contribution is 2.30. The fourth-order valence-electron chi connectivity index (χ4n) is 3.44. The minimum absolute atomic E-state index is 0.165. The van der Waals surface area contributed by atoms with E-state index in [1.54, 1.807) is 18.6 Å². The summed E-state index contributed by atoms with van der Waals surface area (Å²) < 4.78 is 0.912. The average Bonchev–Trinajstić information content (AvgIpc) is 2.78. The number of anilines is 1. The summed E-state index contributed by atoms with van der Waals surface area (Å²) in [6, 6.07) is 7.93. The normalized spacial score (nSPS) is 12.2. The SMILES string of the molecule is C#Cc1cc(CC(CC)c2ncnc3cnc(NC(=O)/C=C/CN(C)C)cc23)ccc1Br. The molecule has 1 aromatic carbocycles. The van der Waals surface area contributed by atoms with Crippen LogP contribution in [-0.2, 0) is 11.2 Å². The monoisotopic (exact) mass is 491 g/mol. The van der Waals surface area contributed by atoms with Crippen LogP contribution in [-0.4, -0.2) is 46.4 Å². The number of fused-ring (bicyclic) bond motifs is 1. The number of carbonyl (C=O) groups is 1. The van der Waals surface area contributed by atoms with Crippen molar-refractivity contribution in [3.8, 4) is 12.3 Å². The molecule has 6 nitrogen and oxygen atoms in total. The van der Waals surface area contributed by atoms with Crippen LogP contribution in [0.15, 0.2) is 53.4 Å². The third-order valence-electron chi connectivity index (χ3n) is 5.09. The Balaban J connectivity index is 1.88. The van der Waals surface area contributed by atoms with Gasteiger partial charge in [0, 0.05) is 34.0 Å². The van der Waals surface area contributed by atoms with Crippen molar-refractivity contribution in [2.75, 3.05) is 26.0 Å². The van der Waals surface area contributed by atoms with Crippen LogP contribution in [0.25, 0.3) is 10.9 Å². The molecule has 0 bridgehead atoms. The average molecular weight is 492 g/mol. The van der Waals surface area contributed by atoms with Crippen LogP contribution < -0.4 is 5.32 Å². The van der Waals surface area contributed by atoms with E-state index in [9.17, 15) is 4.79 Å². The van der Waals surface area contributed by atoms with Gasteiger partial charge in [0.1, 0.15) is 12.1 Å². The molecule has 0 saturated carbocycles. The number of hydrogen-bond donors (Lipinski definition) is 1. The van der Waals surface area contributed by atoms with Gasteiger partial charge in [0.25, 0.3) is 0 Å². The molecule has 1 unspecified atom stereocenters. The summed E-state index contributed by atoms with van der Waals surface area (Å²) in [5.41, 5.74) is 3.66. The molecule has 0 aliphatic carbocycles. The largest absolute Gasteiger partial charge is 0.307 e. The van der Waals surface area contributed by atoms with Crippen molar-refractivity contribution in [2.24, 2.45) is 0 Å². The van der Waals surface area contributed by atoms with E-state index in [-0.39, 0.29) is 11.8 Å². The number of halogens is 1. The number of rotatable bonds is 8. The van der Waals surface area contributed by atoms with Gasteiger partial charge in [-0.15, -0.1) is 6.42 Å². The van der Waals surface area contributed by atoms with Crippen LogP contribution in [0.4, 0.5) is 5.82 Å². The van der Waals surface area contributed by atoms with Gasteiger partial charge in [-0.05, 0) is 66.6 Å². The Morgan fingerprint density at radius 1 is 1.28 bits per heavy atom. The number of benzene rings is 1. The van der Waals surface area contributed by atoms with Crippen molar-refractivity contribution in [3.63, 3.8) is 0 Å². The van der Waals surface area contributed by atoms with Crippen molar-refractivity contribution in [2.45, 2.75) is 25.7 Å². The first-order valence-corrected chi connectivity index (χ1v) is 11.2. The highest BCUT2D eigenvalue weighted by atomic mass is 79.9. The summed E-state index contributed by atoms with van der Waals surface area (Å²) in [6.07, 6.45) is 13.9. The van der Waals surface area contributed by atoms with Gasteiger partial charge in [-0.3, -0.25) is 4.79 Å². The van der Waals surface area contributed by atoms with E-state index in [1.165, 1.54) is 6.08 Å². The first kappa shape index (κ1) is 23.6. The Hall–Kier alpha value is -3.08. The van der Waals surface area contributed by atoms with E-state index < -0.39 is 0 Å². The molecule has 0 spiro atoms. The maximum atomic E-state index is 12.2. The maximum absolute atomic E-state index is 12.2. The molecule has 1 amide bonds. The number of terminal acetylenes is 1. The van der Waals surface area contributed by atoms with E-state index in [2.05, 4.69) is 55.1 Å². The van der Waals surface area contributed by atoms with Crippen LogP contribution in [0.2, 0.25) is 0 Å². The fourth-order valence-corrected chi connectivity index (χ4v) is 3.80. The Kier molecular flexibility index (Phi) is 8.09. The molecule has 3 aromatic rings. The molecule has 32 heavy (non-hydrogen) atoms. The van der Waals surface area contributed by atoms with Crippen LogP contribution in [0.5, 0.6) is 0 Å². The molecule has 164 valence electrons. The Bertz CT molecular complexity index is 1180. The van der Waals surface area contributed by atoms with E-state index in [1.807, 2.05) is 37.2 Å². The first-order chi connectivity index (χ1) is 15.4. The Morgan fingerprint density at radius 2 is 2.09 bits per heavy atom. The minimum Gasteiger partial charge on any atom is -0.307 e. The van der Waals surface area contributed by atoms with Crippen molar-refractivity contribution >= 4 is 38.6 Å². The van der Waals surface area contributed by atoms with Gasteiger partial charge in [0.2, 0.25) is 5.91 Å². The zero-order valence-electron chi connectivity index (χ0n) is 18.5. The van der Waals surface area contributed by atoms with Crippen molar-refractivity contribution in [3.05, 3.63) is 70.2 Å². The highest BCUT2D eigenvalue weighted by Gasteiger charge is 2.17. The summed E-state index contributed by atoms with van der Waals surface area (Å²) in [5, 5.41) is 3.71. The van der Waals surface area contributed by atoms with Gasteiger partial charge in [-0.2, -0.15) is 0 Å². The Labute approximate surface area is 197 Å². The number of aromatic nitrogens is 3. The number of likely N-dealkylation sites (N-methyl/N-ethyl adjacent to an activating group) is 1. The van der Waals surface area contributed by atoms with Gasteiger partial charge in [0.05, 0.1) is 17.4 Å². The predicted molar refractivity (Wildman–Crippen MR) is 132 cm³/mol. The quantitative estimate of drug-likeness (QED) is 0.369. The molecular weight excluding hydrogens is 466 g/mol. The third kappa shape index (κ3) is 6.00. The minimum atomic E-state index is -0.221. The summed E-state index contributed by atoms with van der Waals surface area (Å²) in [4.78, 5) is 27.5. The fraction of sp³-hybridized carbons (Fsp3) is 0.280. The molecule has 1 N–H and O–H groups in total. The molecule has 1 atom stereocenters. The van der Waals surface area contributed by atoms with Crippen LogP contribution in [0.1, 0.15) is 36.1 Å². The van der Waals surface area contributed by atoms with Crippen LogP contribution >= 0.6 is 15.9 Å². The van der Waals surface area contributed by atoms with Gasteiger partial charge >= 0.3 is 0 Å². The molecule has 7 heteroatoms. The zero-order chi connectivity index (χ0) is 23.1. The lowest BCUT2D eigenvalue weighted by molar-refractivity contribution is -0.111. The summed E-state index contributed by atoms with van der Waals surface area (Å²) in [6.45, 7) is 2.82. The van der Waals surface area contributed by atoms with Crippen molar-refractivity contribution in [1.29, 1.82) is 0 Å². The lowest BCUT2D eigenvalue weighted by Crippen LogP contribution is -2.13. The molecule has 2 aromatic heterocycles. The second kappa shape index (κ2) is 11.0. The molecule has 0 saturated heterocycles. The smallest absolute Gasteiger partial charge is 0.249 e. The maximum Gasteiger partial charge on any atom is 0.249 e. The number of hydrogen-bond acceptors (Lipinski definition) is 5. The first-order valence-electron chi connectivity index (χ1n) is 10.4. The molecule has 0 fully saturated rings. The molecule has 0 aliphatic rings. The van der Waals surface area contributed by atoms with E-state index in [0.717, 1.165) is 45.0 Å². The van der Waals surface area contributed by atoms with Gasteiger partial charge < -0.3 is 10.2 Å². The standard InChI is InChI=1S/C25H26BrN5O/c1-5-18-12-17(9-10-21(18)26)13-19(6-2)25-20-14-23(27-15-22(20)28-16-29-25)30-24(32)8-7-11-31(3)4/h1,7-10,12,14-16,19H,6,11,13H2,2-4H3,(H,27,30,32)/b8-7+. The summed E-state index contributed by atoms with van der Waals surface area (Å²) >= 11 is 3.49. The van der Waals surface area contributed by atoms with Crippen molar-refractivity contribution in [1.82, 2.24) is 19.9 Å². The molecule has 0 radical (unpaired) electrons. The zero-order valence-corrected chi connectivity index (χ0v) is 20.1. The highest BCUT2D eigenvalue weighted by molar-refractivity contribution is 9.10. The second-order valence-electron chi connectivity index (χ2n) is 7.77. The van der Waals surface area contributed by atoms with E-state index in [4.69, 9.17) is 6.42 Å². The summed E-state index contributed by atoms with van der Waals surface area (Å²) in [5.74, 6) is 3.13. The number of nitrogens with one attached hydrogen (secondary N) is 1. The number of carbonyl (C=O) groups excluding carboxylic acids is 1. The van der Waals surface area contributed by atoms with Gasteiger partial charge in [0.15, 0.2) is 0 Å². The molecule has 3 rings (SSSR count). The number of pyridine rings is 1. The van der Waals surface area contributed by atoms with Crippen molar-refractivity contribution < 1.29 is 4.79 Å². The molecular formula is C25H26BrN5O. The molecule has 0 aliphatic heterocycles. The number of nitrogens with zero attached hydrogens (tertiary/aromatic N) is 4. The van der Waals surface area contributed by atoms with Gasteiger partial charge in [-0.25, -0.2) is 15.0 Å². The predicted octanol–water partition coefficient (Wildman–Crippen LogP) is 4.56. The van der Waals surface area contributed by atoms with E-state index >= 15 is 0 Å².